The van der Waals surface area contributed by atoms with E-state index in [4.69, 9.17) is 11.6 Å². The first-order valence-corrected chi connectivity index (χ1v) is 7.59. The molecule has 1 aliphatic rings. The Morgan fingerprint density at radius 3 is 2.94 bits per heavy atom. The third-order valence-electron chi connectivity index (χ3n) is 3.17. The van der Waals surface area contributed by atoms with Crippen LogP contribution < -0.4 is 5.32 Å². The van der Waals surface area contributed by atoms with Gasteiger partial charge in [0.05, 0.1) is 6.04 Å². The number of hydrogen-bond acceptors (Lipinski definition) is 3. The Morgan fingerprint density at radius 2 is 2.22 bits per heavy atom. The van der Waals surface area contributed by atoms with Crippen molar-refractivity contribution >= 4 is 38.9 Å². The second kappa shape index (κ2) is 4.94. The van der Waals surface area contributed by atoms with Crippen molar-refractivity contribution < 1.29 is 5.11 Å². The monoisotopic (exact) mass is 343 g/mol. The predicted octanol–water partition coefficient (Wildman–Crippen LogP) is 4.04. The highest BCUT2D eigenvalue weighted by Gasteiger charge is 2.30. The highest BCUT2D eigenvalue weighted by Crippen LogP contribution is 2.41. The number of halogens is 2. The summed E-state index contributed by atoms with van der Waals surface area (Å²) in [4.78, 5) is 0.876. The SMILES string of the molecule is OC(c1cc(Br)c(Cl)s1)C1NCc2ccccc21. The minimum absolute atomic E-state index is 0.0529. The number of nitrogens with one attached hydrogen (secondary N) is 1. The van der Waals surface area contributed by atoms with Crippen LogP contribution in [-0.2, 0) is 6.54 Å². The molecule has 94 valence electrons. The first-order chi connectivity index (χ1) is 8.66. The average molecular weight is 345 g/mol. The van der Waals surface area contributed by atoms with Crippen molar-refractivity contribution in [3.05, 3.63) is 55.1 Å². The lowest BCUT2D eigenvalue weighted by Gasteiger charge is -2.18. The van der Waals surface area contributed by atoms with E-state index in [1.54, 1.807) is 0 Å². The lowest BCUT2D eigenvalue weighted by Crippen LogP contribution is -2.19. The van der Waals surface area contributed by atoms with Gasteiger partial charge in [-0.25, -0.2) is 0 Å². The molecule has 0 saturated carbocycles. The zero-order valence-electron chi connectivity index (χ0n) is 9.36. The fourth-order valence-electron chi connectivity index (χ4n) is 2.28. The molecule has 1 aromatic carbocycles. The van der Waals surface area contributed by atoms with Crippen molar-refractivity contribution in [1.82, 2.24) is 5.32 Å². The largest absolute Gasteiger partial charge is 0.386 e. The zero-order chi connectivity index (χ0) is 12.7. The van der Waals surface area contributed by atoms with Gasteiger partial charge in [0.2, 0.25) is 0 Å². The first kappa shape index (κ1) is 12.6. The minimum atomic E-state index is -0.567. The summed E-state index contributed by atoms with van der Waals surface area (Å²) in [5.41, 5.74) is 2.42. The standard InChI is InChI=1S/C13H11BrClNOS/c14-9-5-10(18-13(9)15)12(17)11-8-4-2-1-3-7(8)6-16-11/h1-5,11-12,16-17H,6H2. The number of aliphatic hydroxyl groups excluding tert-OH is 1. The third-order valence-corrected chi connectivity index (χ3v) is 5.72. The fourth-order valence-corrected chi connectivity index (χ4v) is 4.04. The molecule has 2 unspecified atom stereocenters. The van der Waals surface area contributed by atoms with Crippen molar-refractivity contribution in [2.75, 3.05) is 0 Å². The molecule has 0 spiro atoms. The number of rotatable bonds is 2. The first-order valence-electron chi connectivity index (χ1n) is 5.61. The summed E-state index contributed by atoms with van der Waals surface area (Å²) in [7, 11) is 0. The predicted molar refractivity (Wildman–Crippen MR) is 78.0 cm³/mol. The van der Waals surface area contributed by atoms with Gasteiger partial charge in [0, 0.05) is 15.9 Å². The second-order valence-electron chi connectivity index (χ2n) is 4.27. The van der Waals surface area contributed by atoms with Crippen LogP contribution in [0.15, 0.2) is 34.8 Å². The Hall–Kier alpha value is -0.390. The smallest absolute Gasteiger partial charge is 0.108 e. The van der Waals surface area contributed by atoms with E-state index in [2.05, 4.69) is 33.4 Å². The maximum atomic E-state index is 10.5. The molecule has 0 amide bonds. The summed E-state index contributed by atoms with van der Waals surface area (Å²) in [5.74, 6) is 0. The summed E-state index contributed by atoms with van der Waals surface area (Å²) in [6.45, 7) is 0.804. The molecule has 2 nitrogen and oxygen atoms in total. The van der Waals surface area contributed by atoms with Gasteiger partial charge in [0.1, 0.15) is 10.4 Å². The summed E-state index contributed by atoms with van der Waals surface area (Å²) < 4.78 is 1.52. The van der Waals surface area contributed by atoms with Crippen LogP contribution in [0.1, 0.15) is 28.1 Å². The van der Waals surface area contributed by atoms with Crippen molar-refractivity contribution in [1.29, 1.82) is 0 Å². The Kier molecular flexibility index (Phi) is 3.47. The van der Waals surface area contributed by atoms with Gasteiger partial charge in [0.15, 0.2) is 0 Å². The Balaban J connectivity index is 1.92. The minimum Gasteiger partial charge on any atom is -0.386 e. The number of fused-ring (bicyclic) bond motifs is 1. The second-order valence-corrected chi connectivity index (χ2v) is 6.81. The average Bonchev–Trinajstić information content (AvgIpc) is 2.93. The Bertz CT molecular complexity index is 567. The van der Waals surface area contributed by atoms with Gasteiger partial charge in [-0.1, -0.05) is 35.9 Å². The van der Waals surface area contributed by atoms with Gasteiger partial charge in [-0.05, 0) is 33.1 Å². The van der Waals surface area contributed by atoms with Gasteiger partial charge in [0.25, 0.3) is 0 Å². The van der Waals surface area contributed by atoms with Crippen molar-refractivity contribution in [2.45, 2.75) is 18.7 Å². The molecular formula is C13H11BrClNOS. The van der Waals surface area contributed by atoms with E-state index < -0.39 is 6.10 Å². The number of aliphatic hydroxyl groups is 1. The lowest BCUT2D eigenvalue weighted by molar-refractivity contribution is 0.137. The fraction of sp³-hybridized carbons (Fsp3) is 0.231. The van der Waals surface area contributed by atoms with Gasteiger partial charge < -0.3 is 10.4 Å². The topological polar surface area (TPSA) is 32.3 Å². The van der Waals surface area contributed by atoms with Gasteiger partial charge in [-0.3, -0.25) is 0 Å². The normalized spacial score (nSPS) is 19.8. The van der Waals surface area contributed by atoms with Crippen LogP contribution >= 0.6 is 38.9 Å². The molecule has 0 saturated heterocycles. The summed E-state index contributed by atoms with van der Waals surface area (Å²) in [5, 5.41) is 13.8. The lowest BCUT2D eigenvalue weighted by atomic mass is 10.00. The molecule has 0 fully saturated rings. The molecule has 0 aliphatic carbocycles. The summed E-state index contributed by atoms with van der Waals surface area (Å²) in [6.07, 6.45) is -0.567. The van der Waals surface area contributed by atoms with E-state index >= 15 is 0 Å². The Morgan fingerprint density at radius 1 is 1.44 bits per heavy atom. The molecule has 0 bridgehead atoms. The van der Waals surface area contributed by atoms with Crippen LogP contribution in [0.5, 0.6) is 0 Å². The molecule has 2 aromatic rings. The molecule has 1 aliphatic heterocycles. The van der Waals surface area contributed by atoms with E-state index in [9.17, 15) is 5.11 Å². The highest BCUT2D eigenvalue weighted by atomic mass is 79.9. The Labute approximate surface area is 123 Å². The van der Waals surface area contributed by atoms with Crippen LogP contribution in [0.25, 0.3) is 0 Å². The molecule has 2 atom stereocenters. The summed E-state index contributed by atoms with van der Waals surface area (Å²) in [6, 6.07) is 10.0. The van der Waals surface area contributed by atoms with E-state index in [0.29, 0.717) is 4.34 Å². The van der Waals surface area contributed by atoms with E-state index in [-0.39, 0.29) is 6.04 Å². The van der Waals surface area contributed by atoms with E-state index in [1.165, 1.54) is 22.5 Å². The maximum absolute atomic E-state index is 10.5. The van der Waals surface area contributed by atoms with Crippen molar-refractivity contribution in [3.8, 4) is 0 Å². The molecule has 2 N–H and O–H groups in total. The molecule has 0 radical (unpaired) electrons. The zero-order valence-corrected chi connectivity index (χ0v) is 12.5. The van der Waals surface area contributed by atoms with Gasteiger partial charge in [-0.2, -0.15) is 0 Å². The quantitative estimate of drug-likeness (QED) is 0.861. The molecule has 18 heavy (non-hydrogen) atoms. The van der Waals surface area contributed by atoms with Crippen molar-refractivity contribution in [3.63, 3.8) is 0 Å². The van der Waals surface area contributed by atoms with Crippen LogP contribution in [0.4, 0.5) is 0 Å². The van der Waals surface area contributed by atoms with E-state index in [0.717, 1.165) is 15.9 Å². The van der Waals surface area contributed by atoms with Crippen molar-refractivity contribution in [2.24, 2.45) is 0 Å². The van der Waals surface area contributed by atoms with Crippen LogP contribution in [-0.4, -0.2) is 5.11 Å². The maximum Gasteiger partial charge on any atom is 0.108 e. The van der Waals surface area contributed by atoms with Crippen LogP contribution in [0.2, 0.25) is 4.34 Å². The third kappa shape index (κ3) is 2.12. The highest BCUT2D eigenvalue weighted by molar-refractivity contribution is 9.10. The molecule has 5 heteroatoms. The van der Waals surface area contributed by atoms with Gasteiger partial charge >= 0.3 is 0 Å². The summed E-state index contributed by atoms with van der Waals surface area (Å²) >= 11 is 10.8. The van der Waals surface area contributed by atoms with Crippen LogP contribution in [0.3, 0.4) is 0 Å². The van der Waals surface area contributed by atoms with Crippen LogP contribution in [0, 0.1) is 0 Å². The number of hydrogen-bond donors (Lipinski definition) is 2. The molecule has 2 heterocycles. The molecule has 1 aromatic heterocycles. The molecule has 3 rings (SSSR count). The van der Waals surface area contributed by atoms with E-state index in [1.807, 2.05) is 18.2 Å². The number of benzene rings is 1. The van der Waals surface area contributed by atoms with Gasteiger partial charge in [-0.15, -0.1) is 11.3 Å². The molecular weight excluding hydrogens is 334 g/mol. The number of thiophene rings is 1.